The van der Waals surface area contributed by atoms with E-state index in [4.69, 9.17) is 4.42 Å². The van der Waals surface area contributed by atoms with Crippen molar-refractivity contribution in [2.24, 2.45) is 5.10 Å². The van der Waals surface area contributed by atoms with Gasteiger partial charge in [-0.2, -0.15) is 5.10 Å². The molecule has 1 N–H and O–H groups in total. The quantitative estimate of drug-likeness (QED) is 0.695. The average Bonchev–Trinajstić information content (AvgIpc) is 2.87. The van der Waals surface area contributed by atoms with Crippen molar-refractivity contribution in [1.29, 1.82) is 0 Å². The number of rotatable bonds is 3. The molecule has 0 radical (unpaired) electrons. The molecule has 98 valence electrons. The molecule has 5 nitrogen and oxygen atoms in total. The van der Waals surface area contributed by atoms with E-state index in [1.807, 2.05) is 30.3 Å². The molecule has 6 heteroatoms. The topological polar surface area (TPSA) is 63.8 Å². The second kappa shape index (κ2) is 6.19. The number of halogens is 1. The second-order valence-electron chi connectivity index (χ2n) is 3.57. The van der Waals surface area contributed by atoms with Gasteiger partial charge in [-0.15, -0.1) is 0 Å². The van der Waals surface area contributed by atoms with E-state index in [1.54, 1.807) is 6.07 Å². The Hall–Kier alpha value is -2.08. The van der Waals surface area contributed by atoms with Crippen LogP contribution in [0, 0.1) is 0 Å². The lowest BCUT2D eigenvalue weighted by Crippen LogP contribution is -2.16. The summed E-state index contributed by atoms with van der Waals surface area (Å²) in [4.78, 5) is 10.8. The van der Waals surface area contributed by atoms with E-state index in [9.17, 15) is 4.79 Å². The summed E-state index contributed by atoms with van der Waals surface area (Å²) in [7, 11) is 1.27. The minimum Gasteiger partial charge on any atom is -0.455 e. The Bertz CT molecular complexity index is 607. The third-order valence-corrected chi connectivity index (χ3v) is 2.76. The van der Waals surface area contributed by atoms with E-state index in [0.717, 1.165) is 15.8 Å². The fourth-order valence-corrected chi connectivity index (χ4v) is 1.81. The molecule has 0 aliphatic carbocycles. The molecule has 1 aromatic heterocycles. The zero-order chi connectivity index (χ0) is 13.7. The average molecular weight is 323 g/mol. The van der Waals surface area contributed by atoms with Gasteiger partial charge in [-0.05, 0) is 24.3 Å². The van der Waals surface area contributed by atoms with E-state index < -0.39 is 6.09 Å². The summed E-state index contributed by atoms with van der Waals surface area (Å²) in [6.45, 7) is 0. The predicted octanol–water partition coefficient (Wildman–Crippen LogP) is 3.40. The van der Waals surface area contributed by atoms with Gasteiger partial charge in [0.1, 0.15) is 11.5 Å². The number of amides is 1. The standard InChI is InChI=1S/C13H11BrN2O3/c1-18-13(17)16-15-8-11-5-6-12(19-11)9-3-2-4-10(14)7-9/h2-8H,1H3,(H,16,17)/b15-8+. The maximum atomic E-state index is 10.8. The summed E-state index contributed by atoms with van der Waals surface area (Å²) in [5.41, 5.74) is 3.13. The lowest BCUT2D eigenvalue weighted by molar-refractivity contribution is 0.171. The zero-order valence-corrected chi connectivity index (χ0v) is 11.7. The molecule has 1 aromatic carbocycles. The number of benzene rings is 1. The molecular weight excluding hydrogens is 312 g/mol. The molecule has 19 heavy (non-hydrogen) atoms. The SMILES string of the molecule is COC(=O)N/N=C/c1ccc(-c2cccc(Br)c2)o1. The van der Waals surface area contributed by atoms with Crippen molar-refractivity contribution in [2.75, 3.05) is 7.11 Å². The molecule has 2 aromatic rings. The number of furan rings is 1. The van der Waals surface area contributed by atoms with Gasteiger partial charge < -0.3 is 9.15 Å². The molecule has 0 fully saturated rings. The van der Waals surface area contributed by atoms with Crippen molar-refractivity contribution in [3.05, 3.63) is 46.6 Å². The summed E-state index contributed by atoms with van der Waals surface area (Å²) < 4.78 is 10.9. The van der Waals surface area contributed by atoms with Crippen LogP contribution in [0.15, 0.2) is 50.4 Å². The first-order valence-corrected chi connectivity index (χ1v) is 6.21. The Balaban J connectivity index is 2.09. The first-order valence-electron chi connectivity index (χ1n) is 5.42. The highest BCUT2D eigenvalue weighted by Crippen LogP contribution is 2.24. The van der Waals surface area contributed by atoms with Crippen LogP contribution < -0.4 is 5.43 Å². The number of carbonyl (C=O) groups excluding carboxylic acids is 1. The molecule has 2 rings (SSSR count). The number of hydrazone groups is 1. The van der Waals surface area contributed by atoms with Crippen LogP contribution in [0.4, 0.5) is 4.79 Å². The van der Waals surface area contributed by atoms with Crippen LogP contribution in [0.3, 0.4) is 0 Å². The third kappa shape index (κ3) is 3.69. The summed E-state index contributed by atoms with van der Waals surface area (Å²) in [5, 5.41) is 3.68. The van der Waals surface area contributed by atoms with E-state index in [-0.39, 0.29) is 0 Å². The van der Waals surface area contributed by atoms with Crippen LogP contribution in [0.5, 0.6) is 0 Å². The molecule has 0 bridgehead atoms. The summed E-state index contributed by atoms with van der Waals surface area (Å²) >= 11 is 3.40. The van der Waals surface area contributed by atoms with Crippen molar-refractivity contribution in [3.63, 3.8) is 0 Å². The van der Waals surface area contributed by atoms with Gasteiger partial charge in [-0.3, -0.25) is 0 Å². The van der Waals surface area contributed by atoms with Gasteiger partial charge in [0.05, 0.1) is 13.3 Å². The number of ether oxygens (including phenoxy) is 1. The van der Waals surface area contributed by atoms with Crippen molar-refractivity contribution in [2.45, 2.75) is 0 Å². The lowest BCUT2D eigenvalue weighted by atomic mass is 10.2. The number of carbonyl (C=O) groups is 1. The highest BCUT2D eigenvalue weighted by molar-refractivity contribution is 9.10. The van der Waals surface area contributed by atoms with Gasteiger partial charge in [-0.1, -0.05) is 28.1 Å². The van der Waals surface area contributed by atoms with Gasteiger partial charge in [0.25, 0.3) is 0 Å². The molecule has 0 saturated heterocycles. The normalized spacial score (nSPS) is 10.6. The van der Waals surface area contributed by atoms with Crippen LogP contribution in [0.1, 0.15) is 5.76 Å². The van der Waals surface area contributed by atoms with Crippen LogP contribution >= 0.6 is 15.9 Å². The second-order valence-corrected chi connectivity index (χ2v) is 4.49. The van der Waals surface area contributed by atoms with Gasteiger partial charge in [0.2, 0.25) is 0 Å². The molecule has 0 aliphatic rings. The van der Waals surface area contributed by atoms with Crippen molar-refractivity contribution >= 4 is 28.2 Å². The lowest BCUT2D eigenvalue weighted by Gasteiger charge is -1.97. The minimum atomic E-state index is -0.630. The fraction of sp³-hybridized carbons (Fsp3) is 0.0769. The van der Waals surface area contributed by atoms with Gasteiger partial charge in [0.15, 0.2) is 0 Å². The Kier molecular flexibility index (Phi) is 4.35. The van der Waals surface area contributed by atoms with Gasteiger partial charge in [0, 0.05) is 10.0 Å². The molecular formula is C13H11BrN2O3. The minimum absolute atomic E-state index is 0.534. The van der Waals surface area contributed by atoms with Crippen molar-refractivity contribution in [3.8, 4) is 11.3 Å². The first kappa shape index (κ1) is 13.4. The first-order chi connectivity index (χ1) is 9.19. The molecule has 1 amide bonds. The Morgan fingerprint density at radius 2 is 2.26 bits per heavy atom. The summed E-state index contributed by atoms with van der Waals surface area (Å²) in [6, 6.07) is 11.4. The molecule has 0 spiro atoms. The number of nitrogens with one attached hydrogen (secondary N) is 1. The van der Waals surface area contributed by atoms with Crippen LogP contribution in [0.25, 0.3) is 11.3 Å². The maximum absolute atomic E-state index is 10.8. The molecule has 0 atom stereocenters. The fourth-order valence-electron chi connectivity index (χ4n) is 1.41. The van der Waals surface area contributed by atoms with E-state index >= 15 is 0 Å². The van der Waals surface area contributed by atoms with Crippen molar-refractivity contribution in [1.82, 2.24) is 5.43 Å². The zero-order valence-electron chi connectivity index (χ0n) is 10.1. The number of hydrogen-bond acceptors (Lipinski definition) is 4. The van der Waals surface area contributed by atoms with E-state index in [1.165, 1.54) is 13.3 Å². The molecule has 0 unspecified atom stereocenters. The van der Waals surface area contributed by atoms with Crippen LogP contribution in [-0.2, 0) is 4.74 Å². The largest absolute Gasteiger partial charge is 0.455 e. The number of methoxy groups -OCH3 is 1. The number of nitrogens with zero attached hydrogens (tertiary/aromatic N) is 1. The maximum Gasteiger partial charge on any atom is 0.427 e. The third-order valence-electron chi connectivity index (χ3n) is 2.27. The molecule has 1 heterocycles. The van der Waals surface area contributed by atoms with Crippen LogP contribution in [0.2, 0.25) is 0 Å². The van der Waals surface area contributed by atoms with Gasteiger partial charge in [-0.25, -0.2) is 10.2 Å². The monoisotopic (exact) mass is 322 g/mol. The van der Waals surface area contributed by atoms with E-state index in [0.29, 0.717) is 5.76 Å². The number of hydrogen-bond donors (Lipinski definition) is 1. The van der Waals surface area contributed by atoms with Crippen LogP contribution in [-0.4, -0.2) is 19.4 Å². The highest BCUT2D eigenvalue weighted by atomic mass is 79.9. The Labute approximate surface area is 118 Å². The summed E-state index contributed by atoms with van der Waals surface area (Å²) in [5.74, 6) is 1.26. The molecule has 0 aliphatic heterocycles. The Morgan fingerprint density at radius 3 is 3.00 bits per heavy atom. The van der Waals surface area contributed by atoms with Crippen molar-refractivity contribution < 1.29 is 13.9 Å². The van der Waals surface area contributed by atoms with Gasteiger partial charge >= 0.3 is 6.09 Å². The highest BCUT2D eigenvalue weighted by Gasteiger charge is 2.03. The molecule has 0 saturated carbocycles. The predicted molar refractivity (Wildman–Crippen MR) is 75.0 cm³/mol. The van der Waals surface area contributed by atoms with E-state index in [2.05, 4.69) is 31.2 Å². The smallest absolute Gasteiger partial charge is 0.427 e. The summed E-state index contributed by atoms with van der Waals surface area (Å²) in [6.07, 6.45) is 0.772. The Morgan fingerprint density at radius 1 is 1.42 bits per heavy atom.